The van der Waals surface area contributed by atoms with Crippen molar-refractivity contribution in [3.63, 3.8) is 0 Å². The van der Waals surface area contributed by atoms with Crippen molar-refractivity contribution in [3.8, 4) is 11.8 Å². The maximum absolute atomic E-state index is 9.22. The minimum Gasteiger partial charge on any atom is -0.489 e. The topological polar surface area (TPSA) is 69.3 Å². The Morgan fingerprint density at radius 3 is 2.90 bits per heavy atom. The highest BCUT2D eigenvalue weighted by Crippen LogP contribution is 2.40. The Labute approximate surface area is 178 Å². The lowest BCUT2D eigenvalue weighted by atomic mass is 10.1. The third kappa shape index (κ3) is 4.24. The van der Waals surface area contributed by atoms with Crippen molar-refractivity contribution in [1.29, 1.82) is 5.26 Å². The minimum absolute atomic E-state index is 0.232. The summed E-state index contributed by atoms with van der Waals surface area (Å²) in [7, 11) is 0. The lowest BCUT2D eigenvalue weighted by molar-refractivity contribution is -0.189. The predicted octanol–water partition coefficient (Wildman–Crippen LogP) is 4.41. The van der Waals surface area contributed by atoms with Crippen molar-refractivity contribution in [3.05, 3.63) is 82.4 Å². The van der Waals surface area contributed by atoms with Gasteiger partial charge in [-0.05, 0) is 24.3 Å². The molecule has 1 aliphatic heterocycles. The van der Waals surface area contributed by atoms with E-state index < -0.39 is 5.79 Å². The second kappa shape index (κ2) is 8.44. The fourth-order valence-corrected chi connectivity index (χ4v) is 3.80. The first-order valence-corrected chi connectivity index (χ1v) is 9.70. The SMILES string of the molecule is N#Cc1ccccc1OCC1COC(Cn2ccnc2)(c2ccc(Cl)cc2Cl)O1. The standard InChI is InChI=1S/C21H17Cl2N3O3/c22-16-5-6-18(19(23)9-16)21(13-26-8-7-25-14-26)28-12-17(29-21)11-27-20-4-2-1-3-15(20)10-24/h1-9,14,17H,11-13H2. The van der Waals surface area contributed by atoms with Gasteiger partial charge in [0.2, 0.25) is 5.79 Å². The fourth-order valence-electron chi connectivity index (χ4n) is 3.24. The predicted molar refractivity (Wildman–Crippen MR) is 108 cm³/mol. The average Bonchev–Trinajstić information content (AvgIpc) is 3.37. The minimum atomic E-state index is -1.11. The van der Waals surface area contributed by atoms with Crippen LogP contribution >= 0.6 is 23.2 Å². The Kier molecular flexibility index (Phi) is 5.74. The molecule has 0 saturated carbocycles. The summed E-state index contributed by atoms with van der Waals surface area (Å²) in [6, 6.07) is 14.4. The van der Waals surface area contributed by atoms with Gasteiger partial charge in [0, 0.05) is 23.0 Å². The molecule has 0 aliphatic carbocycles. The molecule has 2 atom stereocenters. The Morgan fingerprint density at radius 1 is 1.28 bits per heavy atom. The molecule has 0 radical (unpaired) electrons. The second-order valence-corrected chi connectivity index (χ2v) is 7.43. The number of benzene rings is 2. The van der Waals surface area contributed by atoms with E-state index in [1.165, 1.54) is 0 Å². The quantitative estimate of drug-likeness (QED) is 0.580. The summed E-state index contributed by atoms with van der Waals surface area (Å²) in [5, 5.41) is 10.2. The van der Waals surface area contributed by atoms with E-state index in [0.717, 1.165) is 0 Å². The van der Waals surface area contributed by atoms with E-state index in [4.69, 9.17) is 37.4 Å². The van der Waals surface area contributed by atoms with Crippen molar-refractivity contribution in [1.82, 2.24) is 9.55 Å². The molecule has 1 fully saturated rings. The Hall–Kier alpha value is -2.56. The van der Waals surface area contributed by atoms with Gasteiger partial charge in [0.1, 0.15) is 24.5 Å². The third-order valence-corrected chi connectivity index (χ3v) is 5.13. The number of ether oxygens (including phenoxy) is 3. The van der Waals surface area contributed by atoms with E-state index in [0.29, 0.717) is 40.1 Å². The zero-order valence-corrected chi connectivity index (χ0v) is 16.8. The van der Waals surface area contributed by atoms with Crippen LogP contribution in [0.4, 0.5) is 0 Å². The van der Waals surface area contributed by atoms with Gasteiger partial charge in [-0.2, -0.15) is 5.26 Å². The van der Waals surface area contributed by atoms with Crippen molar-refractivity contribution in [2.24, 2.45) is 0 Å². The molecule has 1 saturated heterocycles. The van der Waals surface area contributed by atoms with Crippen LogP contribution in [0.5, 0.6) is 5.75 Å². The Balaban J connectivity index is 1.56. The molecule has 3 aromatic rings. The van der Waals surface area contributed by atoms with Crippen LogP contribution in [0.1, 0.15) is 11.1 Å². The average molecular weight is 430 g/mol. The molecule has 0 spiro atoms. The number of aromatic nitrogens is 2. The molecule has 0 amide bonds. The smallest absolute Gasteiger partial charge is 0.215 e. The molecule has 2 aromatic carbocycles. The maximum Gasteiger partial charge on any atom is 0.215 e. The van der Waals surface area contributed by atoms with Gasteiger partial charge < -0.3 is 18.8 Å². The summed E-state index contributed by atoms with van der Waals surface area (Å²) in [4.78, 5) is 4.08. The highest BCUT2D eigenvalue weighted by molar-refractivity contribution is 6.35. The lowest BCUT2D eigenvalue weighted by Gasteiger charge is -2.30. The summed E-state index contributed by atoms with van der Waals surface area (Å²) in [6.45, 7) is 0.900. The zero-order chi connectivity index (χ0) is 20.3. The number of imidazole rings is 1. The summed E-state index contributed by atoms with van der Waals surface area (Å²) < 4.78 is 20.1. The zero-order valence-electron chi connectivity index (χ0n) is 15.3. The number of hydrogen-bond acceptors (Lipinski definition) is 5. The summed E-state index contributed by atoms with van der Waals surface area (Å²) >= 11 is 12.5. The van der Waals surface area contributed by atoms with E-state index in [-0.39, 0.29) is 12.7 Å². The number of halogens is 2. The summed E-state index contributed by atoms with van der Waals surface area (Å²) in [6.07, 6.45) is 4.85. The molecule has 29 heavy (non-hydrogen) atoms. The van der Waals surface area contributed by atoms with Crippen LogP contribution in [0.3, 0.4) is 0 Å². The molecule has 2 heterocycles. The molecule has 1 aliphatic rings. The highest BCUT2D eigenvalue weighted by atomic mass is 35.5. The maximum atomic E-state index is 9.22. The molecule has 0 N–H and O–H groups in total. The Bertz CT molecular complexity index is 1040. The van der Waals surface area contributed by atoms with E-state index in [1.54, 1.807) is 48.9 Å². The van der Waals surface area contributed by atoms with Gasteiger partial charge >= 0.3 is 0 Å². The van der Waals surface area contributed by atoms with Crippen LogP contribution in [0.15, 0.2) is 61.2 Å². The van der Waals surface area contributed by atoms with Gasteiger partial charge in [-0.1, -0.05) is 41.4 Å². The van der Waals surface area contributed by atoms with Gasteiger partial charge in [-0.15, -0.1) is 0 Å². The second-order valence-electron chi connectivity index (χ2n) is 6.58. The number of nitriles is 1. The van der Waals surface area contributed by atoms with Crippen LogP contribution in [0, 0.1) is 11.3 Å². The molecule has 1 aromatic heterocycles. The van der Waals surface area contributed by atoms with E-state index in [1.807, 2.05) is 16.8 Å². The van der Waals surface area contributed by atoms with Crippen LogP contribution in [0.25, 0.3) is 0 Å². The fraction of sp³-hybridized carbons (Fsp3) is 0.238. The number of hydrogen-bond donors (Lipinski definition) is 0. The molecule has 148 valence electrons. The lowest BCUT2D eigenvalue weighted by Crippen LogP contribution is -2.34. The third-order valence-electron chi connectivity index (χ3n) is 4.58. The number of nitrogens with zero attached hydrogens (tertiary/aromatic N) is 3. The molecule has 0 bridgehead atoms. The summed E-state index contributed by atoms with van der Waals surface area (Å²) in [5.74, 6) is -0.597. The van der Waals surface area contributed by atoms with Gasteiger partial charge in [0.25, 0.3) is 0 Å². The first-order chi connectivity index (χ1) is 14.1. The van der Waals surface area contributed by atoms with Crippen LogP contribution in [-0.2, 0) is 21.8 Å². The largest absolute Gasteiger partial charge is 0.489 e. The molecule has 8 heteroatoms. The monoisotopic (exact) mass is 429 g/mol. The molecular formula is C21H17Cl2N3O3. The number of para-hydroxylation sites is 1. The van der Waals surface area contributed by atoms with Crippen molar-refractivity contribution < 1.29 is 14.2 Å². The van der Waals surface area contributed by atoms with Crippen molar-refractivity contribution in [2.75, 3.05) is 13.2 Å². The van der Waals surface area contributed by atoms with Gasteiger partial charge in [0.15, 0.2) is 0 Å². The van der Waals surface area contributed by atoms with Gasteiger partial charge in [-0.3, -0.25) is 0 Å². The van der Waals surface area contributed by atoms with Crippen molar-refractivity contribution in [2.45, 2.75) is 18.4 Å². The van der Waals surface area contributed by atoms with Crippen LogP contribution in [0.2, 0.25) is 10.0 Å². The van der Waals surface area contributed by atoms with E-state index in [9.17, 15) is 5.26 Å². The van der Waals surface area contributed by atoms with Crippen LogP contribution in [-0.4, -0.2) is 28.9 Å². The van der Waals surface area contributed by atoms with Crippen molar-refractivity contribution >= 4 is 23.2 Å². The molecule has 6 nitrogen and oxygen atoms in total. The number of rotatable bonds is 6. The normalized spacial score (nSPS) is 21.1. The highest BCUT2D eigenvalue weighted by Gasteiger charge is 2.45. The molecule has 2 unspecified atom stereocenters. The first kappa shape index (κ1) is 19.7. The van der Waals surface area contributed by atoms with Gasteiger partial charge in [-0.25, -0.2) is 4.98 Å². The van der Waals surface area contributed by atoms with Crippen LogP contribution < -0.4 is 4.74 Å². The molecular weight excluding hydrogens is 413 g/mol. The Morgan fingerprint density at radius 2 is 2.14 bits per heavy atom. The van der Waals surface area contributed by atoms with Gasteiger partial charge in [0.05, 0.1) is 30.1 Å². The van der Waals surface area contributed by atoms with E-state index in [2.05, 4.69) is 11.1 Å². The summed E-state index contributed by atoms with van der Waals surface area (Å²) in [5.41, 5.74) is 1.15. The molecule has 4 rings (SSSR count). The first-order valence-electron chi connectivity index (χ1n) is 8.94. The van der Waals surface area contributed by atoms with E-state index >= 15 is 0 Å².